The lowest BCUT2D eigenvalue weighted by atomic mass is 10.2. The van der Waals surface area contributed by atoms with Crippen LogP contribution in [-0.4, -0.2) is 19.8 Å². The van der Waals surface area contributed by atoms with Crippen LogP contribution in [-0.2, 0) is 17.7 Å². The molecule has 0 aromatic carbocycles. The van der Waals surface area contributed by atoms with E-state index < -0.39 is 0 Å². The zero-order valence-electron chi connectivity index (χ0n) is 9.17. The Balaban J connectivity index is 2.37. The van der Waals surface area contributed by atoms with E-state index in [0.717, 1.165) is 19.6 Å². The molecule has 2 nitrogen and oxygen atoms in total. The predicted molar refractivity (Wildman–Crippen MR) is 61.9 cm³/mol. The molecule has 0 aliphatic rings. The number of hydrogen-bond acceptors (Lipinski definition) is 3. The van der Waals surface area contributed by atoms with Gasteiger partial charge in [-0.25, -0.2) is 0 Å². The number of hydrogen-bond donors (Lipinski definition) is 1. The summed E-state index contributed by atoms with van der Waals surface area (Å²) >= 11 is 1.83. The molecule has 0 radical (unpaired) electrons. The highest BCUT2D eigenvalue weighted by molar-refractivity contribution is 7.10. The van der Waals surface area contributed by atoms with Crippen molar-refractivity contribution in [3.8, 4) is 0 Å². The Labute approximate surface area is 90.3 Å². The fourth-order valence-corrected chi connectivity index (χ4v) is 2.34. The normalized spacial score (nSPS) is 13.1. The Morgan fingerprint density at radius 1 is 1.57 bits per heavy atom. The molecule has 1 aromatic rings. The molecule has 0 aliphatic carbocycles. The zero-order chi connectivity index (χ0) is 10.4. The Kier molecular flexibility index (Phi) is 5.15. The van der Waals surface area contributed by atoms with Gasteiger partial charge in [-0.15, -0.1) is 11.3 Å². The van der Waals surface area contributed by atoms with Crippen LogP contribution in [0.2, 0.25) is 0 Å². The number of methoxy groups -OCH3 is 1. The minimum atomic E-state index is 0.423. The van der Waals surface area contributed by atoms with Crippen LogP contribution in [0.25, 0.3) is 0 Å². The van der Waals surface area contributed by atoms with Gasteiger partial charge in [0, 0.05) is 24.6 Å². The van der Waals surface area contributed by atoms with Crippen LogP contribution in [0.3, 0.4) is 0 Å². The molecular formula is C11H19NOS. The SMILES string of the molecule is CCc1ccsc1CNC(C)COC. The monoisotopic (exact) mass is 213 g/mol. The van der Waals surface area contributed by atoms with Crippen molar-refractivity contribution < 1.29 is 4.74 Å². The fourth-order valence-electron chi connectivity index (χ4n) is 1.41. The van der Waals surface area contributed by atoms with E-state index in [1.807, 2.05) is 11.3 Å². The van der Waals surface area contributed by atoms with Gasteiger partial charge in [0.2, 0.25) is 0 Å². The number of ether oxygens (including phenoxy) is 1. The van der Waals surface area contributed by atoms with E-state index in [2.05, 4.69) is 30.6 Å². The molecule has 1 atom stereocenters. The van der Waals surface area contributed by atoms with Crippen molar-refractivity contribution in [2.24, 2.45) is 0 Å². The second kappa shape index (κ2) is 6.17. The van der Waals surface area contributed by atoms with E-state index >= 15 is 0 Å². The second-order valence-electron chi connectivity index (χ2n) is 3.46. The number of aryl methyl sites for hydroxylation is 1. The summed E-state index contributed by atoms with van der Waals surface area (Å²) < 4.78 is 5.07. The third kappa shape index (κ3) is 3.40. The molecule has 1 N–H and O–H groups in total. The molecule has 0 saturated heterocycles. The molecule has 14 heavy (non-hydrogen) atoms. The summed E-state index contributed by atoms with van der Waals surface area (Å²) in [5, 5.41) is 5.61. The van der Waals surface area contributed by atoms with Crippen LogP contribution in [0.15, 0.2) is 11.4 Å². The van der Waals surface area contributed by atoms with E-state index in [0.29, 0.717) is 6.04 Å². The summed E-state index contributed by atoms with van der Waals surface area (Å²) in [6.45, 7) is 6.07. The van der Waals surface area contributed by atoms with Crippen molar-refractivity contribution in [1.29, 1.82) is 0 Å². The highest BCUT2D eigenvalue weighted by atomic mass is 32.1. The number of nitrogens with one attached hydrogen (secondary N) is 1. The maximum Gasteiger partial charge on any atom is 0.0613 e. The first-order valence-corrected chi connectivity index (χ1v) is 5.93. The van der Waals surface area contributed by atoms with E-state index in [-0.39, 0.29) is 0 Å². The molecule has 0 spiro atoms. The van der Waals surface area contributed by atoms with Crippen molar-refractivity contribution in [2.75, 3.05) is 13.7 Å². The lowest BCUT2D eigenvalue weighted by Crippen LogP contribution is -2.29. The van der Waals surface area contributed by atoms with Crippen LogP contribution in [0.5, 0.6) is 0 Å². The molecule has 0 aliphatic heterocycles. The average molecular weight is 213 g/mol. The molecule has 0 saturated carbocycles. The minimum Gasteiger partial charge on any atom is -0.383 e. The average Bonchev–Trinajstić information content (AvgIpc) is 2.62. The van der Waals surface area contributed by atoms with Gasteiger partial charge in [-0.2, -0.15) is 0 Å². The van der Waals surface area contributed by atoms with Crippen LogP contribution < -0.4 is 5.32 Å². The molecule has 0 bridgehead atoms. The van der Waals surface area contributed by atoms with Crippen molar-refractivity contribution in [2.45, 2.75) is 32.9 Å². The van der Waals surface area contributed by atoms with E-state index in [1.54, 1.807) is 7.11 Å². The van der Waals surface area contributed by atoms with Crippen LogP contribution in [0.4, 0.5) is 0 Å². The van der Waals surface area contributed by atoms with Crippen molar-refractivity contribution in [3.63, 3.8) is 0 Å². The molecule has 1 rings (SSSR count). The highest BCUT2D eigenvalue weighted by Crippen LogP contribution is 2.16. The highest BCUT2D eigenvalue weighted by Gasteiger charge is 2.04. The summed E-state index contributed by atoms with van der Waals surface area (Å²) in [4.78, 5) is 1.45. The van der Waals surface area contributed by atoms with E-state index in [4.69, 9.17) is 4.74 Å². The standard InChI is InChI=1S/C11H19NOS/c1-4-10-5-6-14-11(10)7-12-9(2)8-13-3/h5-6,9,12H,4,7-8H2,1-3H3. The first-order chi connectivity index (χ1) is 6.77. The molecule has 3 heteroatoms. The van der Waals surface area contributed by atoms with Gasteiger partial charge in [0.15, 0.2) is 0 Å². The molecule has 1 aromatic heterocycles. The van der Waals surface area contributed by atoms with Crippen molar-refractivity contribution in [3.05, 3.63) is 21.9 Å². The maximum atomic E-state index is 5.07. The van der Waals surface area contributed by atoms with Gasteiger partial charge in [0.1, 0.15) is 0 Å². The third-order valence-electron chi connectivity index (χ3n) is 2.25. The van der Waals surface area contributed by atoms with Crippen molar-refractivity contribution >= 4 is 11.3 Å². The summed E-state index contributed by atoms with van der Waals surface area (Å²) in [7, 11) is 1.74. The van der Waals surface area contributed by atoms with Gasteiger partial charge >= 0.3 is 0 Å². The van der Waals surface area contributed by atoms with E-state index in [1.165, 1.54) is 10.4 Å². The van der Waals surface area contributed by atoms with Gasteiger partial charge in [0.05, 0.1) is 6.61 Å². The van der Waals surface area contributed by atoms with Gasteiger partial charge < -0.3 is 10.1 Å². The minimum absolute atomic E-state index is 0.423. The van der Waals surface area contributed by atoms with Crippen LogP contribution in [0.1, 0.15) is 24.3 Å². The molecular weight excluding hydrogens is 194 g/mol. The van der Waals surface area contributed by atoms with Gasteiger partial charge in [0.25, 0.3) is 0 Å². The molecule has 1 heterocycles. The molecule has 0 fully saturated rings. The lowest BCUT2D eigenvalue weighted by Gasteiger charge is -2.12. The Hall–Kier alpha value is -0.380. The van der Waals surface area contributed by atoms with Gasteiger partial charge in [-0.1, -0.05) is 6.92 Å². The first-order valence-electron chi connectivity index (χ1n) is 5.05. The van der Waals surface area contributed by atoms with Crippen LogP contribution in [0, 0.1) is 0 Å². The van der Waals surface area contributed by atoms with Gasteiger partial charge in [-0.3, -0.25) is 0 Å². The Morgan fingerprint density at radius 2 is 2.36 bits per heavy atom. The van der Waals surface area contributed by atoms with Gasteiger partial charge in [-0.05, 0) is 30.4 Å². The summed E-state index contributed by atoms with van der Waals surface area (Å²) in [5.74, 6) is 0. The fraction of sp³-hybridized carbons (Fsp3) is 0.636. The quantitative estimate of drug-likeness (QED) is 0.783. The predicted octanol–water partition coefficient (Wildman–Crippen LogP) is 2.44. The smallest absolute Gasteiger partial charge is 0.0613 e. The third-order valence-corrected chi connectivity index (χ3v) is 3.21. The largest absolute Gasteiger partial charge is 0.383 e. The summed E-state index contributed by atoms with van der Waals surface area (Å²) in [6, 6.07) is 2.63. The topological polar surface area (TPSA) is 21.3 Å². The lowest BCUT2D eigenvalue weighted by molar-refractivity contribution is 0.172. The maximum absolute atomic E-state index is 5.07. The van der Waals surface area contributed by atoms with Crippen molar-refractivity contribution in [1.82, 2.24) is 5.32 Å². The zero-order valence-corrected chi connectivity index (χ0v) is 9.99. The number of thiophene rings is 1. The van der Waals surface area contributed by atoms with E-state index in [9.17, 15) is 0 Å². The molecule has 1 unspecified atom stereocenters. The Morgan fingerprint density at radius 3 is 3.00 bits per heavy atom. The first kappa shape index (κ1) is 11.7. The number of rotatable bonds is 6. The summed E-state index contributed by atoms with van der Waals surface area (Å²) in [5.41, 5.74) is 1.46. The second-order valence-corrected chi connectivity index (χ2v) is 4.46. The van der Waals surface area contributed by atoms with Crippen LogP contribution >= 0.6 is 11.3 Å². The summed E-state index contributed by atoms with van der Waals surface area (Å²) in [6.07, 6.45) is 1.12. The molecule has 0 amide bonds. The molecule has 80 valence electrons. The Bertz CT molecular complexity index is 260.